The molecule has 0 fully saturated rings. The van der Waals surface area contributed by atoms with E-state index in [1.807, 2.05) is 84.9 Å². The van der Waals surface area contributed by atoms with Crippen molar-refractivity contribution in [2.24, 2.45) is 0 Å². The molecule has 31 heavy (non-hydrogen) atoms. The zero-order chi connectivity index (χ0) is 21.2. The van der Waals surface area contributed by atoms with Crippen molar-refractivity contribution in [3.8, 4) is 22.6 Å². The SMILES string of the molecule is Clc1ccc2nc(-c3ccccc3Cl)nc3ccccc3[nH]c(-c3ccccc3)c2c1. The number of nitrogens with one attached hydrogen (secondary N) is 1. The highest BCUT2D eigenvalue weighted by Gasteiger charge is 2.10. The van der Waals surface area contributed by atoms with Crippen LogP contribution in [0.3, 0.4) is 0 Å². The molecule has 0 aliphatic carbocycles. The fourth-order valence-corrected chi connectivity index (χ4v) is 3.93. The van der Waals surface area contributed by atoms with E-state index in [0.29, 0.717) is 15.9 Å². The molecule has 1 heterocycles. The van der Waals surface area contributed by atoms with E-state index in [4.69, 9.17) is 33.2 Å². The number of aromatic nitrogens is 3. The quantitative estimate of drug-likeness (QED) is 0.302. The van der Waals surface area contributed by atoms with Crippen LogP contribution in [0.25, 0.3) is 44.6 Å². The van der Waals surface area contributed by atoms with Gasteiger partial charge in [-0.05, 0) is 48.0 Å². The van der Waals surface area contributed by atoms with E-state index >= 15 is 0 Å². The summed E-state index contributed by atoms with van der Waals surface area (Å²) in [5.74, 6) is 0.540. The lowest BCUT2D eigenvalue weighted by Crippen LogP contribution is -1.88. The second kappa shape index (κ2) is 8.38. The third kappa shape index (κ3) is 3.98. The number of para-hydroxylation sites is 2. The largest absolute Gasteiger partial charge is 0.353 e. The predicted molar refractivity (Wildman–Crippen MR) is 130 cm³/mol. The lowest BCUT2D eigenvalue weighted by Gasteiger charge is -2.05. The normalized spacial score (nSPS) is 10.9. The van der Waals surface area contributed by atoms with E-state index in [2.05, 4.69) is 17.1 Å². The van der Waals surface area contributed by atoms with Crippen LogP contribution in [0, 0.1) is 0 Å². The van der Waals surface area contributed by atoms with Crippen molar-refractivity contribution in [3.05, 3.63) is 107 Å². The third-order valence-electron chi connectivity index (χ3n) is 5.02. The maximum atomic E-state index is 6.51. The predicted octanol–water partition coefficient (Wildman–Crippen LogP) is 7.88. The van der Waals surface area contributed by atoms with Crippen LogP contribution in [0.5, 0.6) is 0 Å². The molecule has 0 atom stereocenters. The average molecular weight is 442 g/mol. The van der Waals surface area contributed by atoms with Crippen molar-refractivity contribution < 1.29 is 0 Å². The molecule has 3 nitrogen and oxygen atoms in total. The van der Waals surface area contributed by atoms with E-state index in [1.165, 1.54) is 0 Å². The molecule has 0 unspecified atom stereocenters. The minimum absolute atomic E-state index is 0.540. The molecule has 0 saturated heterocycles. The van der Waals surface area contributed by atoms with E-state index in [1.54, 1.807) is 0 Å². The lowest BCUT2D eigenvalue weighted by molar-refractivity contribution is 1.28. The fourth-order valence-electron chi connectivity index (χ4n) is 3.53. The molecule has 1 N–H and O–H groups in total. The minimum atomic E-state index is 0.540. The van der Waals surface area contributed by atoms with Crippen LogP contribution in [0.15, 0.2) is 97.1 Å². The maximum Gasteiger partial charge on any atom is 0.161 e. The summed E-state index contributed by atoms with van der Waals surface area (Å²) in [6, 6.07) is 31.3. The van der Waals surface area contributed by atoms with Gasteiger partial charge in [-0.25, -0.2) is 9.97 Å². The number of nitrogens with zero attached hydrogens (tertiary/aromatic N) is 2. The van der Waals surface area contributed by atoms with Gasteiger partial charge in [0.05, 0.1) is 27.3 Å². The molecule has 5 rings (SSSR count). The Hall–Kier alpha value is -3.40. The topological polar surface area (TPSA) is 41.6 Å². The standard InChI is InChI=1S/C26H17Cl2N3/c27-18-14-15-22-20(16-18)25(17-8-2-1-3-9-17)29-23-12-6-7-13-24(23)31-26(30-22)19-10-4-5-11-21(19)28/h1-16,29H. The van der Waals surface area contributed by atoms with Crippen LogP contribution in [0.4, 0.5) is 0 Å². The van der Waals surface area contributed by atoms with E-state index < -0.39 is 0 Å². The zero-order valence-corrected chi connectivity index (χ0v) is 17.9. The van der Waals surface area contributed by atoms with Gasteiger partial charge in [-0.3, -0.25) is 0 Å². The monoisotopic (exact) mass is 441 g/mol. The van der Waals surface area contributed by atoms with E-state index in [9.17, 15) is 0 Å². The molecule has 0 bridgehead atoms. The molecule has 0 spiro atoms. The first kappa shape index (κ1) is 19.6. The average Bonchev–Trinajstić information content (AvgIpc) is 2.86. The van der Waals surface area contributed by atoms with E-state index in [0.717, 1.165) is 38.8 Å². The Bertz CT molecular complexity index is 1460. The summed E-state index contributed by atoms with van der Waals surface area (Å²) in [7, 11) is 0. The van der Waals surface area contributed by atoms with Gasteiger partial charge >= 0.3 is 0 Å². The number of hydrogen-bond donors (Lipinski definition) is 1. The lowest BCUT2D eigenvalue weighted by atomic mass is 10.1. The van der Waals surface area contributed by atoms with Crippen LogP contribution < -0.4 is 0 Å². The van der Waals surface area contributed by atoms with Gasteiger partial charge in [0, 0.05) is 16.0 Å². The summed E-state index contributed by atoms with van der Waals surface area (Å²) in [5.41, 5.74) is 5.09. The van der Waals surface area contributed by atoms with Crippen LogP contribution in [0.2, 0.25) is 10.0 Å². The number of hydrogen-bond acceptors (Lipinski definition) is 2. The summed E-state index contributed by atoms with van der Waals surface area (Å²) < 4.78 is 0. The number of H-pyrrole nitrogens is 1. The Morgan fingerprint density at radius 3 is 2.19 bits per heavy atom. The van der Waals surface area contributed by atoms with Gasteiger partial charge in [0.2, 0.25) is 0 Å². The molecular weight excluding hydrogens is 425 g/mol. The van der Waals surface area contributed by atoms with Crippen LogP contribution >= 0.6 is 23.2 Å². The smallest absolute Gasteiger partial charge is 0.161 e. The number of aromatic amines is 1. The number of halogens is 2. The summed E-state index contributed by atoms with van der Waals surface area (Å²) in [5, 5.41) is 2.11. The van der Waals surface area contributed by atoms with Crippen molar-refractivity contribution in [2.45, 2.75) is 0 Å². The summed E-state index contributed by atoms with van der Waals surface area (Å²) >= 11 is 12.9. The van der Waals surface area contributed by atoms with Crippen molar-refractivity contribution in [1.29, 1.82) is 0 Å². The van der Waals surface area contributed by atoms with Gasteiger partial charge in [0.15, 0.2) is 5.82 Å². The molecule has 0 aliphatic heterocycles. The van der Waals surface area contributed by atoms with Crippen LogP contribution in [-0.4, -0.2) is 15.0 Å². The summed E-state index contributed by atoms with van der Waals surface area (Å²) in [4.78, 5) is 13.4. The molecule has 0 amide bonds. The second-order valence-corrected chi connectivity index (χ2v) is 7.92. The molecule has 0 aliphatic rings. The molecule has 0 saturated carbocycles. The van der Waals surface area contributed by atoms with Crippen molar-refractivity contribution in [2.75, 3.05) is 0 Å². The first-order valence-electron chi connectivity index (χ1n) is 9.83. The molecule has 150 valence electrons. The Kier molecular flexibility index (Phi) is 5.29. The fraction of sp³-hybridized carbons (Fsp3) is 0. The van der Waals surface area contributed by atoms with Gasteiger partial charge < -0.3 is 4.98 Å². The maximum absolute atomic E-state index is 6.51. The first-order chi connectivity index (χ1) is 15.2. The van der Waals surface area contributed by atoms with Gasteiger partial charge in [-0.2, -0.15) is 0 Å². The van der Waals surface area contributed by atoms with Gasteiger partial charge in [0.25, 0.3) is 0 Å². The van der Waals surface area contributed by atoms with Crippen LogP contribution in [0.1, 0.15) is 0 Å². The minimum Gasteiger partial charge on any atom is -0.353 e. The van der Waals surface area contributed by atoms with Gasteiger partial charge in [-0.15, -0.1) is 0 Å². The Balaban J connectivity index is 2.01. The first-order valence-corrected chi connectivity index (χ1v) is 10.6. The second-order valence-electron chi connectivity index (χ2n) is 7.07. The highest BCUT2D eigenvalue weighted by atomic mass is 35.5. The highest BCUT2D eigenvalue weighted by molar-refractivity contribution is 6.33. The van der Waals surface area contributed by atoms with E-state index in [-0.39, 0.29) is 0 Å². The number of rotatable bonds is 2. The Labute approximate surface area is 189 Å². The Morgan fingerprint density at radius 1 is 0.645 bits per heavy atom. The van der Waals surface area contributed by atoms with Gasteiger partial charge in [0.1, 0.15) is 0 Å². The summed E-state index contributed by atoms with van der Waals surface area (Å²) in [6.45, 7) is 0. The van der Waals surface area contributed by atoms with Gasteiger partial charge in [-0.1, -0.05) is 77.8 Å². The van der Waals surface area contributed by atoms with Crippen LogP contribution in [-0.2, 0) is 0 Å². The molecule has 1 aromatic heterocycles. The number of benzene rings is 4. The summed E-state index contributed by atoms with van der Waals surface area (Å²) in [6.07, 6.45) is 0. The van der Waals surface area contributed by atoms with Crippen molar-refractivity contribution in [3.63, 3.8) is 0 Å². The Morgan fingerprint density at radius 2 is 1.35 bits per heavy atom. The molecule has 0 radical (unpaired) electrons. The van der Waals surface area contributed by atoms with Crippen molar-refractivity contribution >= 4 is 45.1 Å². The van der Waals surface area contributed by atoms with Crippen molar-refractivity contribution in [1.82, 2.24) is 15.0 Å². The molecule has 5 heteroatoms. The third-order valence-corrected chi connectivity index (χ3v) is 5.59. The number of fused-ring (bicyclic) bond motifs is 2. The molecule has 4 aromatic carbocycles. The molecule has 5 aromatic rings. The molecular formula is C26H17Cl2N3. The zero-order valence-electron chi connectivity index (χ0n) is 16.4. The highest BCUT2D eigenvalue weighted by Crippen LogP contribution is 2.30.